The van der Waals surface area contributed by atoms with E-state index in [0.29, 0.717) is 10.3 Å². The first-order valence-electron chi connectivity index (χ1n) is 6.85. The highest BCUT2D eigenvalue weighted by molar-refractivity contribution is 7.17. The van der Waals surface area contributed by atoms with Gasteiger partial charge in [0, 0.05) is 12.6 Å². The van der Waals surface area contributed by atoms with Crippen LogP contribution in [-0.2, 0) is 0 Å². The van der Waals surface area contributed by atoms with Gasteiger partial charge in [-0.05, 0) is 57.8 Å². The molecule has 106 valence electrons. The minimum absolute atomic E-state index is 0.116. The first-order valence-corrected chi connectivity index (χ1v) is 8.04. The number of carbonyl (C=O) groups excluding carboxylic acids is 1. The molecule has 1 aliphatic heterocycles. The number of piperidine rings is 1. The van der Waals surface area contributed by atoms with Crippen LogP contribution < -0.4 is 5.32 Å². The molecule has 0 bridgehead atoms. The highest BCUT2D eigenvalue weighted by Gasteiger charge is 2.24. The second-order valence-electron chi connectivity index (χ2n) is 5.35. The van der Waals surface area contributed by atoms with Crippen molar-refractivity contribution in [3.05, 3.63) is 21.3 Å². The molecular formula is C14H21ClN2OS. The summed E-state index contributed by atoms with van der Waals surface area (Å²) >= 11 is 7.29. The number of amides is 1. The molecule has 1 aromatic heterocycles. The smallest absolute Gasteiger partial charge is 0.264 e. The predicted octanol–water partition coefficient (Wildman–Crippen LogP) is 3.25. The molecule has 5 heteroatoms. The molecule has 1 aromatic rings. The molecule has 0 radical (unpaired) electrons. The number of halogens is 1. The van der Waals surface area contributed by atoms with Crippen molar-refractivity contribution in [3.63, 3.8) is 0 Å². The number of rotatable bonds is 4. The Kier molecular flexibility index (Phi) is 5.25. The number of thiophene rings is 1. The Bertz CT molecular complexity index is 427. The minimum atomic E-state index is 0.116. The first kappa shape index (κ1) is 14.8. The third-order valence-electron chi connectivity index (χ3n) is 3.58. The lowest BCUT2D eigenvalue weighted by molar-refractivity contribution is 0.0663. The van der Waals surface area contributed by atoms with Crippen LogP contribution in [0.4, 0.5) is 0 Å². The Labute approximate surface area is 123 Å². The molecule has 1 amide bonds. The molecule has 0 aliphatic carbocycles. The van der Waals surface area contributed by atoms with E-state index in [4.69, 9.17) is 11.6 Å². The molecular weight excluding hydrogens is 280 g/mol. The summed E-state index contributed by atoms with van der Waals surface area (Å²) in [6.45, 7) is 7.14. The summed E-state index contributed by atoms with van der Waals surface area (Å²) in [6, 6.07) is 3.85. The molecule has 1 fully saturated rings. The van der Waals surface area contributed by atoms with Gasteiger partial charge in [0.15, 0.2) is 0 Å². The van der Waals surface area contributed by atoms with Gasteiger partial charge in [-0.2, -0.15) is 0 Å². The number of carbonyl (C=O) groups is 1. The van der Waals surface area contributed by atoms with Crippen LogP contribution in [0.3, 0.4) is 0 Å². The molecule has 0 unspecified atom stereocenters. The zero-order valence-corrected chi connectivity index (χ0v) is 13.1. The molecule has 2 rings (SSSR count). The van der Waals surface area contributed by atoms with Crippen molar-refractivity contribution in [2.75, 3.05) is 19.6 Å². The fourth-order valence-electron chi connectivity index (χ4n) is 2.44. The maximum atomic E-state index is 12.5. The van der Waals surface area contributed by atoms with Gasteiger partial charge in [-0.25, -0.2) is 0 Å². The van der Waals surface area contributed by atoms with Gasteiger partial charge in [0.05, 0.1) is 9.21 Å². The molecule has 3 nitrogen and oxygen atoms in total. The van der Waals surface area contributed by atoms with Gasteiger partial charge in [0.25, 0.3) is 5.91 Å². The average molecular weight is 301 g/mol. The van der Waals surface area contributed by atoms with E-state index >= 15 is 0 Å². The maximum Gasteiger partial charge on any atom is 0.264 e. The lowest BCUT2D eigenvalue weighted by Gasteiger charge is -2.32. The van der Waals surface area contributed by atoms with Crippen LogP contribution in [-0.4, -0.2) is 36.5 Å². The summed E-state index contributed by atoms with van der Waals surface area (Å²) < 4.78 is 0.675. The van der Waals surface area contributed by atoms with Gasteiger partial charge in [-0.1, -0.05) is 11.6 Å². The molecule has 19 heavy (non-hydrogen) atoms. The number of hydrogen-bond acceptors (Lipinski definition) is 3. The van der Waals surface area contributed by atoms with E-state index in [1.165, 1.54) is 11.3 Å². The van der Waals surface area contributed by atoms with Crippen LogP contribution in [0.2, 0.25) is 4.34 Å². The molecule has 0 spiro atoms. The second-order valence-corrected chi connectivity index (χ2v) is 7.06. The zero-order chi connectivity index (χ0) is 13.8. The molecule has 0 aromatic carbocycles. The fourth-order valence-corrected chi connectivity index (χ4v) is 3.44. The van der Waals surface area contributed by atoms with E-state index in [1.807, 2.05) is 11.0 Å². The summed E-state index contributed by atoms with van der Waals surface area (Å²) in [6.07, 6.45) is 2.31. The quantitative estimate of drug-likeness (QED) is 0.926. The van der Waals surface area contributed by atoms with Gasteiger partial charge in [0.1, 0.15) is 0 Å². The monoisotopic (exact) mass is 300 g/mol. The summed E-state index contributed by atoms with van der Waals surface area (Å²) in [4.78, 5) is 15.3. The highest BCUT2D eigenvalue weighted by atomic mass is 35.5. The van der Waals surface area contributed by atoms with E-state index in [1.54, 1.807) is 6.07 Å². The van der Waals surface area contributed by atoms with Crippen LogP contribution in [0.1, 0.15) is 36.4 Å². The van der Waals surface area contributed by atoms with Crippen LogP contribution in [0.15, 0.2) is 12.1 Å². The van der Waals surface area contributed by atoms with E-state index in [-0.39, 0.29) is 11.9 Å². The third kappa shape index (κ3) is 3.94. The zero-order valence-electron chi connectivity index (χ0n) is 11.5. The molecule has 1 aliphatic rings. The number of nitrogens with zero attached hydrogens (tertiary/aromatic N) is 1. The van der Waals surface area contributed by atoms with E-state index in [0.717, 1.165) is 37.4 Å². The van der Waals surface area contributed by atoms with Crippen LogP contribution in [0, 0.1) is 5.92 Å². The lowest BCUT2D eigenvalue weighted by Crippen LogP contribution is -2.42. The Balaban J connectivity index is 2.04. The standard InChI is InChI=1S/C14H21ClN2OS/c1-10(2)17(9-11-5-7-16-8-6-11)14(18)12-3-4-13(15)19-12/h3-4,10-11,16H,5-9H2,1-2H3. The van der Waals surface area contributed by atoms with Gasteiger partial charge >= 0.3 is 0 Å². The third-order valence-corrected chi connectivity index (χ3v) is 4.80. The number of nitrogens with one attached hydrogen (secondary N) is 1. The molecule has 0 saturated carbocycles. The SMILES string of the molecule is CC(C)N(CC1CCNCC1)C(=O)c1ccc(Cl)s1. The Hall–Kier alpha value is -0.580. The van der Waals surface area contributed by atoms with Crippen molar-refractivity contribution in [3.8, 4) is 0 Å². The van der Waals surface area contributed by atoms with Crippen LogP contribution in [0.25, 0.3) is 0 Å². The Morgan fingerprint density at radius 3 is 2.68 bits per heavy atom. The molecule has 2 heterocycles. The van der Waals surface area contributed by atoms with Crippen molar-refractivity contribution in [2.24, 2.45) is 5.92 Å². The lowest BCUT2D eigenvalue weighted by atomic mass is 9.97. The van der Waals surface area contributed by atoms with Gasteiger partial charge in [0.2, 0.25) is 0 Å². The van der Waals surface area contributed by atoms with E-state index < -0.39 is 0 Å². The highest BCUT2D eigenvalue weighted by Crippen LogP contribution is 2.24. The summed E-state index contributed by atoms with van der Waals surface area (Å²) in [5.74, 6) is 0.730. The van der Waals surface area contributed by atoms with Crippen LogP contribution in [0.5, 0.6) is 0 Å². The van der Waals surface area contributed by atoms with Crippen molar-refractivity contribution in [1.29, 1.82) is 0 Å². The molecule has 1 N–H and O–H groups in total. The maximum absolute atomic E-state index is 12.5. The summed E-state index contributed by atoms with van der Waals surface area (Å²) in [7, 11) is 0. The molecule has 1 saturated heterocycles. The average Bonchev–Trinajstić information content (AvgIpc) is 2.83. The van der Waals surface area contributed by atoms with Crippen LogP contribution >= 0.6 is 22.9 Å². The normalized spacial score (nSPS) is 16.8. The van der Waals surface area contributed by atoms with Crippen molar-refractivity contribution < 1.29 is 4.79 Å². The summed E-state index contributed by atoms with van der Waals surface area (Å²) in [5.41, 5.74) is 0. The largest absolute Gasteiger partial charge is 0.335 e. The van der Waals surface area contributed by atoms with Crippen molar-refractivity contribution >= 4 is 28.8 Å². The first-order chi connectivity index (χ1) is 9.08. The van der Waals surface area contributed by atoms with E-state index in [9.17, 15) is 4.79 Å². The Morgan fingerprint density at radius 1 is 1.47 bits per heavy atom. The van der Waals surface area contributed by atoms with Crippen molar-refractivity contribution in [1.82, 2.24) is 10.2 Å². The second kappa shape index (κ2) is 6.73. The summed E-state index contributed by atoms with van der Waals surface area (Å²) in [5, 5.41) is 3.36. The van der Waals surface area contributed by atoms with Crippen molar-refractivity contribution in [2.45, 2.75) is 32.7 Å². The predicted molar refractivity (Wildman–Crippen MR) is 81.1 cm³/mol. The topological polar surface area (TPSA) is 32.3 Å². The Morgan fingerprint density at radius 2 is 2.16 bits per heavy atom. The van der Waals surface area contributed by atoms with Gasteiger partial charge in [-0.3, -0.25) is 4.79 Å². The van der Waals surface area contributed by atoms with Gasteiger partial charge < -0.3 is 10.2 Å². The van der Waals surface area contributed by atoms with E-state index in [2.05, 4.69) is 19.2 Å². The minimum Gasteiger partial charge on any atom is -0.335 e. The fraction of sp³-hybridized carbons (Fsp3) is 0.643. The molecule has 0 atom stereocenters. The number of hydrogen-bond donors (Lipinski definition) is 1. The van der Waals surface area contributed by atoms with Gasteiger partial charge in [-0.15, -0.1) is 11.3 Å².